The number of hydrogen-bond donors (Lipinski definition) is 2. The van der Waals surface area contributed by atoms with Crippen molar-refractivity contribution in [2.24, 2.45) is 0 Å². The molecule has 1 aliphatic heterocycles. The standard InChI is InChI=1S/C15H18N4O/c20-15(11-19-7-5-16-6-8-19)18-13-9-12-3-1-2-4-14(12)17-10-13/h1-4,9-10,16H,5-8,11H2,(H,18,20). The van der Waals surface area contributed by atoms with Gasteiger partial charge in [0.2, 0.25) is 5.91 Å². The molecule has 5 heteroatoms. The molecule has 20 heavy (non-hydrogen) atoms. The third-order valence-electron chi connectivity index (χ3n) is 3.45. The SMILES string of the molecule is O=C(CN1CCNCC1)Nc1cnc2ccccc2c1. The van der Waals surface area contributed by atoms with Crippen molar-refractivity contribution in [3.8, 4) is 0 Å². The Kier molecular flexibility index (Phi) is 3.90. The van der Waals surface area contributed by atoms with Crippen molar-refractivity contribution in [2.75, 3.05) is 38.0 Å². The molecular formula is C15H18N4O. The molecule has 1 aliphatic rings. The second-order valence-corrected chi connectivity index (χ2v) is 4.99. The quantitative estimate of drug-likeness (QED) is 0.876. The number of carbonyl (C=O) groups excluding carboxylic acids is 1. The van der Waals surface area contributed by atoms with E-state index in [1.54, 1.807) is 6.20 Å². The van der Waals surface area contributed by atoms with Gasteiger partial charge in [-0.15, -0.1) is 0 Å². The molecule has 1 aromatic heterocycles. The van der Waals surface area contributed by atoms with Gasteiger partial charge in [0.05, 0.1) is 23.9 Å². The Hall–Kier alpha value is -1.98. The first-order valence-corrected chi connectivity index (χ1v) is 6.89. The van der Waals surface area contributed by atoms with Gasteiger partial charge in [-0.05, 0) is 12.1 Å². The Morgan fingerprint density at radius 1 is 1.30 bits per heavy atom. The summed E-state index contributed by atoms with van der Waals surface area (Å²) in [4.78, 5) is 18.5. The van der Waals surface area contributed by atoms with Crippen molar-refractivity contribution in [3.63, 3.8) is 0 Å². The van der Waals surface area contributed by atoms with Crippen molar-refractivity contribution in [1.82, 2.24) is 15.2 Å². The maximum absolute atomic E-state index is 12.0. The number of hydrogen-bond acceptors (Lipinski definition) is 4. The third-order valence-corrected chi connectivity index (χ3v) is 3.45. The zero-order valence-corrected chi connectivity index (χ0v) is 11.3. The molecule has 3 rings (SSSR count). The highest BCUT2D eigenvalue weighted by atomic mass is 16.2. The number of aromatic nitrogens is 1. The number of anilines is 1. The Bertz CT molecular complexity index is 608. The van der Waals surface area contributed by atoms with Crippen molar-refractivity contribution in [3.05, 3.63) is 36.5 Å². The number of fused-ring (bicyclic) bond motifs is 1. The van der Waals surface area contributed by atoms with Gasteiger partial charge in [0, 0.05) is 31.6 Å². The van der Waals surface area contributed by atoms with Crippen LogP contribution in [0, 0.1) is 0 Å². The fourth-order valence-electron chi connectivity index (χ4n) is 2.41. The van der Waals surface area contributed by atoms with Crippen molar-refractivity contribution >= 4 is 22.5 Å². The fraction of sp³-hybridized carbons (Fsp3) is 0.333. The molecule has 1 fully saturated rings. The topological polar surface area (TPSA) is 57.3 Å². The maximum Gasteiger partial charge on any atom is 0.238 e. The molecule has 0 atom stereocenters. The average molecular weight is 270 g/mol. The molecule has 2 heterocycles. The molecule has 104 valence electrons. The van der Waals surface area contributed by atoms with Gasteiger partial charge < -0.3 is 10.6 Å². The smallest absolute Gasteiger partial charge is 0.238 e. The zero-order chi connectivity index (χ0) is 13.8. The Labute approximate surface area is 118 Å². The van der Waals surface area contributed by atoms with E-state index >= 15 is 0 Å². The predicted molar refractivity (Wildman–Crippen MR) is 79.7 cm³/mol. The summed E-state index contributed by atoms with van der Waals surface area (Å²) < 4.78 is 0. The molecule has 1 saturated heterocycles. The van der Waals surface area contributed by atoms with Crippen LogP contribution in [0.25, 0.3) is 10.9 Å². The number of benzene rings is 1. The lowest BCUT2D eigenvalue weighted by Crippen LogP contribution is -2.46. The number of pyridine rings is 1. The lowest BCUT2D eigenvalue weighted by Gasteiger charge is -2.26. The van der Waals surface area contributed by atoms with Crippen LogP contribution in [-0.4, -0.2) is 48.5 Å². The molecule has 0 unspecified atom stereocenters. The van der Waals surface area contributed by atoms with E-state index in [1.807, 2.05) is 30.3 Å². The molecule has 1 aromatic carbocycles. The summed E-state index contributed by atoms with van der Waals surface area (Å²) >= 11 is 0. The van der Waals surface area contributed by atoms with Crippen LogP contribution in [0.5, 0.6) is 0 Å². The van der Waals surface area contributed by atoms with Gasteiger partial charge in [-0.1, -0.05) is 18.2 Å². The molecule has 0 radical (unpaired) electrons. The van der Waals surface area contributed by atoms with E-state index in [0.29, 0.717) is 6.54 Å². The van der Waals surface area contributed by atoms with E-state index in [1.165, 1.54) is 0 Å². The number of rotatable bonds is 3. The molecule has 0 saturated carbocycles. The van der Waals surface area contributed by atoms with Crippen LogP contribution in [0.15, 0.2) is 36.5 Å². The van der Waals surface area contributed by atoms with E-state index in [0.717, 1.165) is 42.8 Å². The van der Waals surface area contributed by atoms with Gasteiger partial charge in [-0.2, -0.15) is 0 Å². The first kappa shape index (κ1) is 13.0. The first-order valence-electron chi connectivity index (χ1n) is 6.89. The molecule has 0 spiro atoms. The second kappa shape index (κ2) is 5.98. The maximum atomic E-state index is 12.0. The summed E-state index contributed by atoms with van der Waals surface area (Å²) in [6.45, 7) is 4.18. The minimum atomic E-state index is 0.0176. The van der Waals surface area contributed by atoms with Gasteiger partial charge in [0.1, 0.15) is 0 Å². The van der Waals surface area contributed by atoms with Gasteiger partial charge in [-0.3, -0.25) is 14.7 Å². The molecule has 0 aliphatic carbocycles. The van der Waals surface area contributed by atoms with E-state index in [9.17, 15) is 4.79 Å². The summed E-state index contributed by atoms with van der Waals surface area (Å²) in [5.41, 5.74) is 1.69. The van der Waals surface area contributed by atoms with Crippen LogP contribution in [0.2, 0.25) is 0 Å². The van der Waals surface area contributed by atoms with Gasteiger partial charge in [0.15, 0.2) is 0 Å². The molecule has 2 aromatic rings. The molecule has 1 amide bonds. The van der Waals surface area contributed by atoms with E-state index in [4.69, 9.17) is 0 Å². The van der Waals surface area contributed by atoms with E-state index in [2.05, 4.69) is 20.5 Å². The number of carbonyl (C=O) groups is 1. The highest BCUT2D eigenvalue weighted by Gasteiger charge is 2.13. The third kappa shape index (κ3) is 3.12. The predicted octanol–water partition coefficient (Wildman–Crippen LogP) is 1.08. The summed E-state index contributed by atoms with van der Waals surface area (Å²) in [6, 6.07) is 9.84. The van der Waals surface area contributed by atoms with Crippen molar-refractivity contribution in [2.45, 2.75) is 0 Å². The lowest BCUT2D eigenvalue weighted by atomic mass is 10.2. The molecule has 5 nitrogen and oxygen atoms in total. The summed E-state index contributed by atoms with van der Waals surface area (Å²) in [7, 11) is 0. The van der Waals surface area contributed by atoms with Crippen LogP contribution in [-0.2, 0) is 4.79 Å². The minimum Gasteiger partial charge on any atom is -0.324 e. The van der Waals surface area contributed by atoms with E-state index in [-0.39, 0.29) is 5.91 Å². The van der Waals surface area contributed by atoms with Crippen molar-refractivity contribution in [1.29, 1.82) is 0 Å². The van der Waals surface area contributed by atoms with Crippen LogP contribution in [0.3, 0.4) is 0 Å². The Morgan fingerprint density at radius 3 is 2.95 bits per heavy atom. The van der Waals surface area contributed by atoms with E-state index < -0.39 is 0 Å². The number of nitrogens with one attached hydrogen (secondary N) is 2. The largest absolute Gasteiger partial charge is 0.324 e. The second-order valence-electron chi connectivity index (χ2n) is 4.99. The summed E-state index contributed by atoms with van der Waals surface area (Å²) in [6.07, 6.45) is 1.71. The van der Waals surface area contributed by atoms with Gasteiger partial charge in [-0.25, -0.2) is 0 Å². The number of para-hydroxylation sites is 1. The number of piperazine rings is 1. The van der Waals surface area contributed by atoms with Gasteiger partial charge in [0.25, 0.3) is 0 Å². The first-order chi connectivity index (χ1) is 9.81. The summed E-state index contributed by atoms with van der Waals surface area (Å²) in [5, 5.41) is 7.23. The van der Waals surface area contributed by atoms with Gasteiger partial charge >= 0.3 is 0 Å². The Morgan fingerprint density at radius 2 is 2.10 bits per heavy atom. The van der Waals surface area contributed by atoms with Crippen LogP contribution in [0.4, 0.5) is 5.69 Å². The molecule has 0 bridgehead atoms. The Balaban J connectivity index is 1.64. The van der Waals surface area contributed by atoms with Crippen LogP contribution < -0.4 is 10.6 Å². The normalized spacial score (nSPS) is 16.2. The van der Waals surface area contributed by atoms with Crippen LogP contribution >= 0.6 is 0 Å². The number of nitrogens with zero attached hydrogens (tertiary/aromatic N) is 2. The minimum absolute atomic E-state index is 0.0176. The molecular weight excluding hydrogens is 252 g/mol. The fourth-order valence-corrected chi connectivity index (χ4v) is 2.41. The monoisotopic (exact) mass is 270 g/mol. The lowest BCUT2D eigenvalue weighted by molar-refractivity contribution is -0.117. The summed E-state index contributed by atoms with van der Waals surface area (Å²) in [5.74, 6) is 0.0176. The number of amides is 1. The van der Waals surface area contributed by atoms with Crippen molar-refractivity contribution < 1.29 is 4.79 Å². The molecule has 2 N–H and O–H groups in total. The highest BCUT2D eigenvalue weighted by molar-refractivity contribution is 5.94. The highest BCUT2D eigenvalue weighted by Crippen LogP contribution is 2.15. The van der Waals surface area contributed by atoms with Crippen LogP contribution in [0.1, 0.15) is 0 Å². The average Bonchev–Trinajstić information content (AvgIpc) is 2.48. The zero-order valence-electron chi connectivity index (χ0n) is 11.3.